The van der Waals surface area contributed by atoms with Gasteiger partial charge in [0.25, 0.3) is 5.91 Å². The average molecular weight is 404 g/mol. The first kappa shape index (κ1) is 19.4. The molecule has 0 saturated carbocycles. The molecule has 28 heavy (non-hydrogen) atoms. The van der Waals surface area contributed by atoms with Crippen LogP contribution in [0.15, 0.2) is 29.5 Å². The fraction of sp³-hybridized carbons (Fsp3) is 0.579. The van der Waals surface area contributed by atoms with Crippen LogP contribution in [0, 0.1) is 0 Å². The van der Waals surface area contributed by atoms with Crippen LogP contribution >= 0.6 is 11.3 Å². The number of carbonyl (C=O) groups excluding carboxylic acids is 1. The molecule has 2 N–H and O–H groups in total. The van der Waals surface area contributed by atoms with E-state index in [0.717, 1.165) is 38.2 Å². The summed E-state index contributed by atoms with van der Waals surface area (Å²) in [5.41, 5.74) is 1.76. The third-order valence-electron chi connectivity index (χ3n) is 5.88. The zero-order valence-corrected chi connectivity index (χ0v) is 16.7. The second kappa shape index (κ2) is 7.82. The van der Waals surface area contributed by atoms with Gasteiger partial charge in [-0.05, 0) is 26.2 Å². The topological polar surface area (TPSA) is 100 Å². The molecular formula is C19H25N5O3S. The minimum absolute atomic E-state index is 0.245. The van der Waals surface area contributed by atoms with Crippen molar-refractivity contribution in [3.63, 3.8) is 0 Å². The Labute approximate surface area is 168 Å². The molecule has 0 bridgehead atoms. The van der Waals surface area contributed by atoms with E-state index in [1.54, 1.807) is 11.3 Å². The van der Waals surface area contributed by atoms with Crippen LogP contribution in [-0.2, 0) is 11.3 Å². The van der Waals surface area contributed by atoms with Gasteiger partial charge in [-0.1, -0.05) is 0 Å². The van der Waals surface area contributed by atoms with Crippen LogP contribution in [0.1, 0.15) is 42.4 Å². The zero-order chi connectivity index (χ0) is 19.6. The van der Waals surface area contributed by atoms with E-state index in [-0.39, 0.29) is 11.6 Å². The second-order valence-corrected chi connectivity index (χ2v) is 8.50. The van der Waals surface area contributed by atoms with Crippen molar-refractivity contribution < 1.29 is 14.6 Å². The Morgan fingerprint density at radius 1 is 1.36 bits per heavy atom. The van der Waals surface area contributed by atoms with Crippen molar-refractivity contribution in [3.8, 4) is 0 Å². The number of piperidine rings is 1. The Bertz CT molecular complexity index is 795. The highest BCUT2D eigenvalue weighted by atomic mass is 32.1. The molecule has 8 nitrogen and oxygen atoms in total. The highest BCUT2D eigenvalue weighted by Crippen LogP contribution is 2.40. The van der Waals surface area contributed by atoms with Gasteiger partial charge in [-0.2, -0.15) is 0 Å². The third-order valence-corrected chi connectivity index (χ3v) is 6.51. The maximum Gasteiger partial charge on any atom is 0.271 e. The maximum absolute atomic E-state index is 12.6. The molecule has 4 rings (SSSR count). The quantitative estimate of drug-likeness (QED) is 0.792. The van der Waals surface area contributed by atoms with E-state index in [1.807, 2.05) is 12.4 Å². The lowest BCUT2D eigenvalue weighted by atomic mass is 9.73. The monoisotopic (exact) mass is 403 g/mol. The predicted octanol–water partition coefficient (Wildman–Crippen LogP) is 1.24. The Morgan fingerprint density at radius 3 is 2.86 bits per heavy atom. The van der Waals surface area contributed by atoms with Crippen molar-refractivity contribution >= 4 is 17.2 Å². The summed E-state index contributed by atoms with van der Waals surface area (Å²) in [5.74, 6) is -0.326. The number of likely N-dealkylation sites (tertiary alicyclic amines) is 1. The molecule has 150 valence electrons. The SMILES string of the molecule is C[C@@]1(NC(=O)c2cnccn2)CCOC2(CCN(Cc3cscn3)CC2)[C@H]1O. The van der Waals surface area contributed by atoms with Crippen molar-refractivity contribution in [3.05, 3.63) is 40.9 Å². The summed E-state index contributed by atoms with van der Waals surface area (Å²) >= 11 is 1.60. The van der Waals surface area contributed by atoms with Gasteiger partial charge in [0.2, 0.25) is 0 Å². The standard InChI is InChI=1S/C19H25N5O3S/c1-18(23-16(25)15-10-20-5-6-21-15)4-9-27-19(17(18)26)2-7-24(8-3-19)11-14-12-28-13-22-14/h5-6,10,12-13,17,26H,2-4,7-9,11H2,1H3,(H,23,25)/t17-,18+/m0/s1. The molecule has 0 aliphatic carbocycles. The van der Waals surface area contributed by atoms with Crippen LogP contribution in [0.4, 0.5) is 0 Å². The van der Waals surface area contributed by atoms with Gasteiger partial charge in [-0.15, -0.1) is 11.3 Å². The number of rotatable bonds is 4. The van der Waals surface area contributed by atoms with E-state index >= 15 is 0 Å². The number of thiazole rings is 1. The first-order chi connectivity index (χ1) is 13.5. The summed E-state index contributed by atoms with van der Waals surface area (Å²) in [7, 11) is 0. The summed E-state index contributed by atoms with van der Waals surface area (Å²) in [4.78, 5) is 27.3. The van der Waals surface area contributed by atoms with Gasteiger partial charge < -0.3 is 15.2 Å². The lowest BCUT2D eigenvalue weighted by Gasteiger charge is -2.53. The molecule has 4 heterocycles. The third kappa shape index (κ3) is 3.80. The Balaban J connectivity index is 1.42. The molecule has 0 radical (unpaired) electrons. The van der Waals surface area contributed by atoms with Crippen molar-refractivity contribution in [2.24, 2.45) is 0 Å². The number of hydrogen-bond donors (Lipinski definition) is 2. The number of nitrogens with one attached hydrogen (secondary N) is 1. The number of aliphatic hydroxyl groups is 1. The second-order valence-electron chi connectivity index (χ2n) is 7.78. The molecule has 2 aliphatic rings. The summed E-state index contributed by atoms with van der Waals surface area (Å²) < 4.78 is 6.12. The molecule has 2 aromatic heterocycles. The van der Waals surface area contributed by atoms with Crippen LogP contribution in [0.25, 0.3) is 0 Å². The Kier molecular flexibility index (Phi) is 5.42. The molecule has 0 aromatic carbocycles. The minimum Gasteiger partial charge on any atom is -0.388 e. The predicted molar refractivity (Wildman–Crippen MR) is 104 cm³/mol. The van der Waals surface area contributed by atoms with Crippen molar-refractivity contribution in [1.29, 1.82) is 0 Å². The van der Waals surface area contributed by atoms with Gasteiger partial charge in [-0.3, -0.25) is 14.7 Å². The zero-order valence-electron chi connectivity index (χ0n) is 15.9. The first-order valence-electron chi connectivity index (χ1n) is 9.51. The number of aliphatic hydroxyl groups excluding tert-OH is 1. The van der Waals surface area contributed by atoms with Gasteiger partial charge in [0, 0.05) is 44.0 Å². The summed E-state index contributed by atoms with van der Waals surface area (Å²) in [6, 6.07) is 0. The highest BCUT2D eigenvalue weighted by Gasteiger charge is 2.53. The number of aromatic nitrogens is 3. The van der Waals surface area contributed by atoms with Crippen LogP contribution in [0.3, 0.4) is 0 Å². The van der Waals surface area contributed by atoms with Crippen molar-refractivity contribution in [1.82, 2.24) is 25.2 Å². The molecule has 2 aromatic rings. The van der Waals surface area contributed by atoms with E-state index in [4.69, 9.17) is 4.74 Å². The van der Waals surface area contributed by atoms with Crippen LogP contribution in [0.5, 0.6) is 0 Å². The maximum atomic E-state index is 12.6. The number of nitrogens with zero attached hydrogens (tertiary/aromatic N) is 4. The summed E-state index contributed by atoms with van der Waals surface area (Å²) in [5, 5.41) is 16.3. The Morgan fingerprint density at radius 2 is 2.18 bits per heavy atom. The van der Waals surface area contributed by atoms with Crippen molar-refractivity contribution in [2.75, 3.05) is 19.7 Å². The number of ether oxygens (including phenoxy) is 1. The summed E-state index contributed by atoms with van der Waals surface area (Å²) in [6.07, 6.45) is 5.62. The average Bonchev–Trinajstić information content (AvgIpc) is 3.22. The normalized spacial score (nSPS) is 27.6. The Hall–Kier alpha value is -1.94. The van der Waals surface area contributed by atoms with Gasteiger partial charge in [-0.25, -0.2) is 9.97 Å². The minimum atomic E-state index is -0.796. The van der Waals surface area contributed by atoms with Gasteiger partial charge in [0.1, 0.15) is 11.8 Å². The summed E-state index contributed by atoms with van der Waals surface area (Å²) in [6.45, 7) is 4.85. The highest BCUT2D eigenvalue weighted by molar-refractivity contribution is 7.07. The van der Waals surface area contributed by atoms with E-state index in [2.05, 4.69) is 30.5 Å². The lowest BCUT2D eigenvalue weighted by Crippen LogP contribution is -2.69. The molecule has 2 atom stereocenters. The van der Waals surface area contributed by atoms with E-state index in [9.17, 15) is 9.90 Å². The van der Waals surface area contributed by atoms with Gasteiger partial charge in [0.05, 0.1) is 28.5 Å². The molecule has 2 saturated heterocycles. The molecule has 2 fully saturated rings. The first-order valence-corrected chi connectivity index (χ1v) is 10.5. The molecule has 9 heteroatoms. The van der Waals surface area contributed by atoms with Gasteiger partial charge in [0.15, 0.2) is 0 Å². The van der Waals surface area contributed by atoms with E-state index < -0.39 is 17.2 Å². The molecule has 0 unspecified atom stereocenters. The molecule has 2 aliphatic heterocycles. The lowest BCUT2D eigenvalue weighted by molar-refractivity contribution is -0.206. The molecule has 1 amide bonds. The van der Waals surface area contributed by atoms with E-state index in [0.29, 0.717) is 13.0 Å². The number of hydrogen-bond acceptors (Lipinski definition) is 8. The van der Waals surface area contributed by atoms with E-state index in [1.165, 1.54) is 18.6 Å². The number of carbonyl (C=O) groups is 1. The molecular weight excluding hydrogens is 378 g/mol. The fourth-order valence-corrected chi connectivity index (χ4v) is 4.73. The van der Waals surface area contributed by atoms with Crippen LogP contribution < -0.4 is 5.32 Å². The van der Waals surface area contributed by atoms with Gasteiger partial charge >= 0.3 is 0 Å². The largest absolute Gasteiger partial charge is 0.388 e. The molecule has 1 spiro atoms. The fourth-order valence-electron chi connectivity index (χ4n) is 4.19. The number of amides is 1. The van der Waals surface area contributed by atoms with Crippen LogP contribution in [-0.4, -0.2) is 67.8 Å². The van der Waals surface area contributed by atoms with Crippen molar-refractivity contribution in [2.45, 2.75) is 50.0 Å². The van der Waals surface area contributed by atoms with Crippen LogP contribution in [0.2, 0.25) is 0 Å². The smallest absolute Gasteiger partial charge is 0.271 e.